The van der Waals surface area contributed by atoms with Crippen molar-refractivity contribution < 1.29 is 18.7 Å². The van der Waals surface area contributed by atoms with Crippen molar-refractivity contribution in [2.45, 2.75) is 6.92 Å². The molecule has 18 heavy (non-hydrogen) atoms. The van der Waals surface area contributed by atoms with Gasteiger partial charge in [0.1, 0.15) is 5.82 Å². The molecule has 1 heterocycles. The molecule has 1 fully saturated rings. The van der Waals surface area contributed by atoms with Crippen LogP contribution in [0.2, 0.25) is 0 Å². The van der Waals surface area contributed by atoms with E-state index in [-0.39, 0.29) is 0 Å². The second-order valence-electron chi connectivity index (χ2n) is 4.16. The Kier molecular flexibility index (Phi) is 3.81. The Labute approximate surface area is 105 Å². The van der Waals surface area contributed by atoms with Crippen molar-refractivity contribution in [1.29, 1.82) is 0 Å². The molecule has 1 aromatic carbocycles. The maximum absolute atomic E-state index is 13.6. The lowest BCUT2D eigenvalue weighted by molar-refractivity contribution is 0.0599. The molecule has 1 saturated heterocycles. The summed E-state index contributed by atoms with van der Waals surface area (Å²) >= 11 is 0. The minimum Gasteiger partial charge on any atom is -0.465 e. The van der Waals surface area contributed by atoms with Gasteiger partial charge in [0.05, 0.1) is 31.6 Å². The number of rotatable bonds is 2. The van der Waals surface area contributed by atoms with Crippen LogP contribution in [0.5, 0.6) is 0 Å². The molecule has 0 amide bonds. The van der Waals surface area contributed by atoms with E-state index in [2.05, 4.69) is 0 Å². The summed E-state index contributed by atoms with van der Waals surface area (Å²) < 4.78 is 23.6. The molecule has 4 nitrogen and oxygen atoms in total. The third kappa shape index (κ3) is 2.31. The lowest BCUT2D eigenvalue weighted by atomic mass is 10.0. The fourth-order valence-corrected chi connectivity index (χ4v) is 2.10. The smallest absolute Gasteiger partial charge is 0.340 e. The van der Waals surface area contributed by atoms with Crippen LogP contribution in [-0.2, 0) is 9.47 Å². The Balaban J connectivity index is 2.45. The largest absolute Gasteiger partial charge is 0.465 e. The topological polar surface area (TPSA) is 38.8 Å². The predicted molar refractivity (Wildman–Crippen MR) is 65.5 cm³/mol. The van der Waals surface area contributed by atoms with Crippen molar-refractivity contribution in [2.75, 3.05) is 38.3 Å². The highest BCUT2D eigenvalue weighted by molar-refractivity contribution is 5.97. The number of benzene rings is 1. The normalized spacial score (nSPS) is 15.6. The molecule has 1 aliphatic rings. The van der Waals surface area contributed by atoms with Crippen LogP contribution in [0.3, 0.4) is 0 Å². The highest BCUT2D eigenvalue weighted by atomic mass is 19.1. The Morgan fingerprint density at radius 2 is 2.06 bits per heavy atom. The molecule has 0 spiro atoms. The third-order valence-electron chi connectivity index (χ3n) is 3.12. The highest BCUT2D eigenvalue weighted by Crippen LogP contribution is 2.27. The van der Waals surface area contributed by atoms with E-state index < -0.39 is 11.8 Å². The molecule has 0 atom stereocenters. The first kappa shape index (κ1) is 12.8. The van der Waals surface area contributed by atoms with Gasteiger partial charge < -0.3 is 14.4 Å². The summed E-state index contributed by atoms with van der Waals surface area (Å²) in [6, 6.07) is 3.01. The Bertz CT molecular complexity index is 456. The predicted octanol–water partition coefficient (Wildman–Crippen LogP) is 1.76. The molecule has 1 aliphatic heterocycles. The second kappa shape index (κ2) is 5.35. The van der Waals surface area contributed by atoms with Crippen LogP contribution in [0.4, 0.5) is 10.1 Å². The van der Waals surface area contributed by atoms with Gasteiger partial charge in [0.15, 0.2) is 0 Å². The number of carbonyl (C=O) groups excluding carboxylic acids is 1. The van der Waals surface area contributed by atoms with Crippen molar-refractivity contribution in [3.63, 3.8) is 0 Å². The summed E-state index contributed by atoms with van der Waals surface area (Å²) in [7, 11) is 1.30. The zero-order valence-electron chi connectivity index (χ0n) is 10.5. The zero-order valence-corrected chi connectivity index (χ0v) is 10.5. The van der Waals surface area contributed by atoms with Gasteiger partial charge in [-0.2, -0.15) is 0 Å². The number of hydrogen-bond acceptors (Lipinski definition) is 4. The van der Waals surface area contributed by atoms with Gasteiger partial charge in [0.25, 0.3) is 0 Å². The van der Waals surface area contributed by atoms with Gasteiger partial charge in [-0.25, -0.2) is 9.18 Å². The molecule has 2 rings (SSSR count). The Morgan fingerprint density at radius 1 is 1.39 bits per heavy atom. The van der Waals surface area contributed by atoms with Crippen LogP contribution >= 0.6 is 0 Å². The van der Waals surface area contributed by atoms with E-state index in [9.17, 15) is 9.18 Å². The van der Waals surface area contributed by atoms with E-state index in [1.165, 1.54) is 13.2 Å². The summed E-state index contributed by atoms with van der Waals surface area (Å²) in [5.74, 6) is -0.902. The minimum atomic E-state index is -0.506. The maximum Gasteiger partial charge on any atom is 0.340 e. The van der Waals surface area contributed by atoms with E-state index in [4.69, 9.17) is 9.47 Å². The minimum absolute atomic E-state index is 0.305. The van der Waals surface area contributed by atoms with Crippen LogP contribution in [0, 0.1) is 12.7 Å². The third-order valence-corrected chi connectivity index (χ3v) is 3.12. The first-order valence-corrected chi connectivity index (χ1v) is 5.85. The number of morpholine rings is 1. The molecular formula is C13H16FNO3. The number of anilines is 1. The van der Waals surface area contributed by atoms with Gasteiger partial charge in [-0.15, -0.1) is 0 Å². The standard InChI is InChI=1S/C13H16FNO3/c1-9-10(14)3-4-11(12(9)13(16)17-2)15-5-7-18-8-6-15/h3-4H,5-8H2,1-2H3. The quantitative estimate of drug-likeness (QED) is 0.753. The lowest BCUT2D eigenvalue weighted by Crippen LogP contribution is -2.37. The van der Waals surface area contributed by atoms with E-state index in [1.54, 1.807) is 13.0 Å². The van der Waals surface area contributed by atoms with Crippen LogP contribution in [0.1, 0.15) is 15.9 Å². The maximum atomic E-state index is 13.6. The molecule has 5 heteroatoms. The van der Waals surface area contributed by atoms with Gasteiger partial charge >= 0.3 is 5.97 Å². The molecule has 0 aromatic heterocycles. The average molecular weight is 253 g/mol. The number of halogens is 1. The van der Waals surface area contributed by atoms with Crippen LogP contribution in [0.15, 0.2) is 12.1 Å². The van der Waals surface area contributed by atoms with Crippen molar-refractivity contribution in [1.82, 2.24) is 0 Å². The number of nitrogens with zero attached hydrogens (tertiary/aromatic N) is 1. The zero-order chi connectivity index (χ0) is 13.1. The van der Waals surface area contributed by atoms with Crippen molar-refractivity contribution in [2.24, 2.45) is 0 Å². The van der Waals surface area contributed by atoms with Gasteiger partial charge in [-0.3, -0.25) is 0 Å². The van der Waals surface area contributed by atoms with Gasteiger partial charge in [0, 0.05) is 18.7 Å². The van der Waals surface area contributed by atoms with Crippen molar-refractivity contribution in [3.8, 4) is 0 Å². The number of methoxy groups -OCH3 is 1. The van der Waals surface area contributed by atoms with E-state index >= 15 is 0 Å². The molecule has 0 unspecified atom stereocenters. The molecule has 0 radical (unpaired) electrons. The molecule has 0 aliphatic carbocycles. The molecule has 0 bridgehead atoms. The summed E-state index contributed by atoms with van der Waals surface area (Å²) in [5, 5.41) is 0. The number of carbonyl (C=O) groups is 1. The molecule has 0 N–H and O–H groups in total. The van der Waals surface area contributed by atoms with Gasteiger partial charge in [-0.1, -0.05) is 0 Å². The van der Waals surface area contributed by atoms with Gasteiger partial charge in [0.2, 0.25) is 0 Å². The second-order valence-corrected chi connectivity index (χ2v) is 4.16. The van der Waals surface area contributed by atoms with Crippen LogP contribution in [0.25, 0.3) is 0 Å². The SMILES string of the molecule is COC(=O)c1c(N2CCOCC2)ccc(F)c1C. The summed E-state index contributed by atoms with van der Waals surface area (Å²) in [6.45, 7) is 4.18. The van der Waals surface area contributed by atoms with Crippen molar-refractivity contribution in [3.05, 3.63) is 29.1 Å². The van der Waals surface area contributed by atoms with Crippen molar-refractivity contribution >= 4 is 11.7 Å². The van der Waals surface area contributed by atoms with Crippen LogP contribution < -0.4 is 4.90 Å². The Hall–Kier alpha value is -1.62. The summed E-state index contributed by atoms with van der Waals surface area (Å²) in [6.07, 6.45) is 0. The molecular weight excluding hydrogens is 237 g/mol. The molecule has 1 aromatic rings. The van der Waals surface area contributed by atoms with E-state index in [1.807, 2.05) is 4.90 Å². The number of esters is 1. The first-order chi connectivity index (χ1) is 8.65. The summed E-state index contributed by atoms with van der Waals surface area (Å²) in [5.41, 5.74) is 1.34. The molecule has 0 saturated carbocycles. The number of hydrogen-bond donors (Lipinski definition) is 0. The average Bonchev–Trinajstić information content (AvgIpc) is 2.42. The highest BCUT2D eigenvalue weighted by Gasteiger charge is 2.22. The molecule has 98 valence electrons. The van der Waals surface area contributed by atoms with E-state index in [0.29, 0.717) is 43.1 Å². The number of ether oxygens (including phenoxy) is 2. The fraction of sp³-hybridized carbons (Fsp3) is 0.462. The van der Waals surface area contributed by atoms with E-state index in [0.717, 1.165) is 0 Å². The summed E-state index contributed by atoms with van der Waals surface area (Å²) in [4.78, 5) is 13.8. The monoisotopic (exact) mass is 253 g/mol. The first-order valence-electron chi connectivity index (χ1n) is 5.85. The van der Waals surface area contributed by atoms with Crippen LogP contribution in [-0.4, -0.2) is 39.4 Å². The van der Waals surface area contributed by atoms with Gasteiger partial charge in [-0.05, 0) is 19.1 Å². The lowest BCUT2D eigenvalue weighted by Gasteiger charge is -2.30. The fourth-order valence-electron chi connectivity index (χ4n) is 2.10. The Morgan fingerprint density at radius 3 is 2.67 bits per heavy atom.